The lowest BCUT2D eigenvalue weighted by molar-refractivity contribution is 0.0995. The van der Waals surface area contributed by atoms with Crippen LogP contribution in [0, 0.1) is 0 Å². The van der Waals surface area contributed by atoms with Gasteiger partial charge in [0, 0.05) is 17.8 Å². The van der Waals surface area contributed by atoms with E-state index >= 15 is 0 Å². The number of halogens is 1. The number of furan rings is 1. The van der Waals surface area contributed by atoms with Crippen molar-refractivity contribution in [3.05, 3.63) is 47.1 Å². The molecule has 0 fully saturated rings. The van der Waals surface area contributed by atoms with E-state index in [-0.39, 0.29) is 11.7 Å². The Hall–Kier alpha value is -2.68. The Morgan fingerprint density at radius 2 is 2.23 bits per heavy atom. The molecule has 0 unspecified atom stereocenters. The van der Waals surface area contributed by atoms with Crippen LogP contribution in [0.1, 0.15) is 10.6 Å². The molecule has 0 atom stereocenters. The summed E-state index contributed by atoms with van der Waals surface area (Å²) in [5, 5.41) is 13.7. The third-order valence-corrected chi connectivity index (χ3v) is 3.22. The molecule has 8 nitrogen and oxygen atoms in total. The number of amides is 1. The molecule has 0 saturated carbocycles. The van der Waals surface area contributed by atoms with Gasteiger partial charge in [-0.25, -0.2) is 4.68 Å². The van der Waals surface area contributed by atoms with E-state index in [9.17, 15) is 4.79 Å². The smallest absolute Gasteiger partial charge is 0.291 e. The zero-order valence-electron chi connectivity index (χ0n) is 11.4. The van der Waals surface area contributed by atoms with Gasteiger partial charge in [0.1, 0.15) is 12.1 Å². The zero-order chi connectivity index (χ0) is 15.5. The average molecular weight is 364 g/mol. The number of aromatic nitrogens is 4. The standard InChI is InChI=1S/C13H10BrN5O3/c1-21-10-5-8(4-9(6-10)19-7-15-17-18-19)16-13(20)11-2-3-12(14)22-11/h2-7H,1H3,(H,16,20). The number of hydrogen-bond donors (Lipinski definition) is 1. The molecule has 0 aliphatic rings. The molecule has 0 aliphatic heterocycles. The number of benzene rings is 1. The third kappa shape index (κ3) is 2.98. The maximum Gasteiger partial charge on any atom is 0.291 e. The second-order valence-corrected chi connectivity index (χ2v) is 5.01. The predicted octanol–water partition coefficient (Wildman–Crippen LogP) is 2.28. The highest BCUT2D eigenvalue weighted by Crippen LogP contribution is 2.24. The molecule has 0 radical (unpaired) electrons. The van der Waals surface area contributed by atoms with Crippen LogP contribution >= 0.6 is 15.9 Å². The number of hydrogen-bond acceptors (Lipinski definition) is 6. The molecule has 3 aromatic rings. The van der Waals surface area contributed by atoms with Crippen LogP contribution < -0.4 is 10.1 Å². The summed E-state index contributed by atoms with van der Waals surface area (Å²) in [5.74, 6) is 0.379. The van der Waals surface area contributed by atoms with Crippen LogP contribution in [0.5, 0.6) is 5.75 Å². The van der Waals surface area contributed by atoms with Gasteiger partial charge >= 0.3 is 0 Å². The van der Waals surface area contributed by atoms with E-state index in [1.807, 2.05) is 0 Å². The normalized spacial score (nSPS) is 10.5. The number of nitrogens with zero attached hydrogens (tertiary/aromatic N) is 4. The molecule has 0 aliphatic carbocycles. The molecular formula is C13H10BrN5O3. The van der Waals surface area contributed by atoms with Crippen LogP contribution in [0.15, 0.2) is 45.7 Å². The molecule has 1 N–H and O–H groups in total. The van der Waals surface area contributed by atoms with Crippen molar-refractivity contribution in [2.24, 2.45) is 0 Å². The second-order valence-electron chi connectivity index (χ2n) is 4.23. The topological polar surface area (TPSA) is 95.1 Å². The number of tetrazole rings is 1. The molecular weight excluding hydrogens is 354 g/mol. The first kappa shape index (κ1) is 14.3. The largest absolute Gasteiger partial charge is 0.497 e. The van der Waals surface area contributed by atoms with Gasteiger partial charge in [0.25, 0.3) is 5.91 Å². The van der Waals surface area contributed by atoms with E-state index < -0.39 is 0 Å². The molecule has 1 aromatic carbocycles. The fraction of sp³-hybridized carbons (Fsp3) is 0.0769. The van der Waals surface area contributed by atoms with Gasteiger partial charge < -0.3 is 14.5 Å². The molecule has 22 heavy (non-hydrogen) atoms. The van der Waals surface area contributed by atoms with Crippen molar-refractivity contribution in [3.63, 3.8) is 0 Å². The molecule has 2 aromatic heterocycles. The third-order valence-electron chi connectivity index (χ3n) is 2.80. The summed E-state index contributed by atoms with van der Waals surface area (Å²) in [6.07, 6.45) is 1.45. The van der Waals surface area contributed by atoms with Crippen LogP contribution in [0.25, 0.3) is 5.69 Å². The van der Waals surface area contributed by atoms with Gasteiger partial charge in [-0.1, -0.05) is 0 Å². The molecule has 0 spiro atoms. The van der Waals surface area contributed by atoms with E-state index in [4.69, 9.17) is 9.15 Å². The van der Waals surface area contributed by atoms with Gasteiger partial charge in [-0.3, -0.25) is 4.79 Å². The highest BCUT2D eigenvalue weighted by molar-refractivity contribution is 9.10. The summed E-state index contributed by atoms with van der Waals surface area (Å²) in [4.78, 5) is 12.1. The van der Waals surface area contributed by atoms with Crippen LogP contribution in [0.4, 0.5) is 5.69 Å². The van der Waals surface area contributed by atoms with E-state index in [1.54, 1.807) is 30.3 Å². The van der Waals surface area contributed by atoms with Crippen molar-refractivity contribution < 1.29 is 13.9 Å². The number of rotatable bonds is 4. The fourth-order valence-corrected chi connectivity index (χ4v) is 2.12. The number of anilines is 1. The summed E-state index contributed by atoms with van der Waals surface area (Å²) in [7, 11) is 1.54. The minimum Gasteiger partial charge on any atom is -0.497 e. The van der Waals surface area contributed by atoms with E-state index in [1.165, 1.54) is 18.1 Å². The maximum atomic E-state index is 12.1. The molecule has 9 heteroatoms. The maximum absolute atomic E-state index is 12.1. The first-order valence-electron chi connectivity index (χ1n) is 6.15. The van der Waals surface area contributed by atoms with Gasteiger partial charge in [0.15, 0.2) is 10.4 Å². The van der Waals surface area contributed by atoms with Crippen molar-refractivity contribution in [2.75, 3.05) is 12.4 Å². The van der Waals surface area contributed by atoms with Crippen LogP contribution in [-0.4, -0.2) is 33.2 Å². The molecule has 1 amide bonds. The summed E-state index contributed by atoms with van der Waals surface area (Å²) in [6.45, 7) is 0. The van der Waals surface area contributed by atoms with Gasteiger partial charge in [-0.2, -0.15) is 0 Å². The Balaban J connectivity index is 1.90. The number of methoxy groups -OCH3 is 1. The summed E-state index contributed by atoms with van der Waals surface area (Å²) >= 11 is 3.15. The molecule has 112 valence electrons. The lowest BCUT2D eigenvalue weighted by Gasteiger charge is -2.09. The summed E-state index contributed by atoms with van der Waals surface area (Å²) in [6, 6.07) is 8.36. The van der Waals surface area contributed by atoms with Gasteiger partial charge in [-0.15, -0.1) is 5.10 Å². The number of ether oxygens (including phenoxy) is 1. The van der Waals surface area contributed by atoms with E-state index in [0.29, 0.717) is 21.8 Å². The number of nitrogens with one attached hydrogen (secondary N) is 1. The summed E-state index contributed by atoms with van der Waals surface area (Å²) < 4.78 is 12.4. The van der Waals surface area contributed by atoms with Crippen molar-refractivity contribution >= 4 is 27.5 Å². The zero-order valence-corrected chi connectivity index (χ0v) is 12.9. The lowest BCUT2D eigenvalue weighted by Crippen LogP contribution is -2.11. The van der Waals surface area contributed by atoms with Crippen LogP contribution in [-0.2, 0) is 0 Å². The van der Waals surface area contributed by atoms with E-state index in [0.717, 1.165) is 0 Å². The molecule has 3 rings (SSSR count). The van der Waals surface area contributed by atoms with Crippen molar-refractivity contribution in [2.45, 2.75) is 0 Å². The molecule has 0 saturated heterocycles. The van der Waals surface area contributed by atoms with Crippen molar-refractivity contribution in [1.29, 1.82) is 0 Å². The SMILES string of the molecule is COc1cc(NC(=O)c2ccc(Br)o2)cc(-n2cnnn2)c1. The Labute approximate surface area is 133 Å². The number of carbonyl (C=O) groups excluding carboxylic acids is 1. The Morgan fingerprint density at radius 1 is 1.36 bits per heavy atom. The van der Waals surface area contributed by atoms with Gasteiger partial charge in [0.2, 0.25) is 0 Å². The first-order chi connectivity index (χ1) is 10.7. The lowest BCUT2D eigenvalue weighted by atomic mass is 10.2. The Morgan fingerprint density at radius 3 is 2.86 bits per heavy atom. The minimum atomic E-state index is -0.374. The average Bonchev–Trinajstić information content (AvgIpc) is 3.18. The van der Waals surface area contributed by atoms with E-state index in [2.05, 4.69) is 36.8 Å². The highest BCUT2D eigenvalue weighted by atomic mass is 79.9. The first-order valence-corrected chi connectivity index (χ1v) is 6.94. The van der Waals surface area contributed by atoms with Gasteiger partial charge in [-0.05, 0) is 44.6 Å². The van der Waals surface area contributed by atoms with Crippen LogP contribution in [0.2, 0.25) is 0 Å². The second kappa shape index (κ2) is 5.98. The molecule has 2 heterocycles. The number of carbonyl (C=O) groups is 1. The quantitative estimate of drug-likeness (QED) is 0.763. The monoisotopic (exact) mass is 363 g/mol. The highest BCUT2D eigenvalue weighted by Gasteiger charge is 2.12. The van der Waals surface area contributed by atoms with Crippen molar-refractivity contribution in [1.82, 2.24) is 20.2 Å². The minimum absolute atomic E-state index is 0.193. The molecule has 0 bridgehead atoms. The van der Waals surface area contributed by atoms with Crippen LogP contribution in [0.3, 0.4) is 0 Å². The fourth-order valence-electron chi connectivity index (χ4n) is 1.81. The Bertz CT molecular complexity index is 800. The summed E-state index contributed by atoms with van der Waals surface area (Å²) in [5.41, 5.74) is 1.18. The Kier molecular flexibility index (Phi) is 3.88. The predicted molar refractivity (Wildman–Crippen MR) is 80.1 cm³/mol. The van der Waals surface area contributed by atoms with Gasteiger partial charge in [0.05, 0.1) is 12.8 Å². The van der Waals surface area contributed by atoms with Crippen molar-refractivity contribution in [3.8, 4) is 11.4 Å².